The highest BCUT2D eigenvalue weighted by atomic mass is 35.5. The molecule has 3 heterocycles. The minimum atomic E-state index is -0.0676. The summed E-state index contributed by atoms with van der Waals surface area (Å²) in [6.07, 6.45) is 0.712. The molecule has 3 aromatic heterocycles. The molecule has 0 saturated heterocycles. The molecule has 0 atom stereocenters. The summed E-state index contributed by atoms with van der Waals surface area (Å²) < 4.78 is 8.79. The summed E-state index contributed by atoms with van der Waals surface area (Å²) in [5.74, 6) is 1.16. The molecule has 0 bridgehead atoms. The molecule has 5 rings (SSSR count). The van der Waals surface area contributed by atoms with Gasteiger partial charge in [-0.15, -0.1) is 21.5 Å². The molecular weight excluding hydrogens is 478 g/mol. The van der Waals surface area contributed by atoms with E-state index in [1.165, 1.54) is 0 Å². The third-order valence-corrected chi connectivity index (χ3v) is 7.43. The Morgan fingerprint density at radius 2 is 1.94 bits per heavy atom. The fourth-order valence-corrected chi connectivity index (χ4v) is 5.74. The van der Waals surface area contributed by atoms with E-state index in [0.717, 1.165) is 21.8 Å². The lowest BCUT2D eigenvalue weighted by molar-refractivity contribution is 0.190. The molecule has 5 aromatic rings. The van der Waals surface area contributed by atoms with E-state index < -0.39 is 0 Å². The number of methoxy groups -OCH3 is 1. The normalized spacial score (nSPS) is 11.6. The molecule has 10 heteroatoms. The molecule has 0 aliphatic rings. The second-order valence-electron chi connectivity index (χ2n) is 7.35. The summed E-state index contributed by atoms with van der Waals surface area (Å²) in [5, 5.41) is 13.7. The van der Waals surface area contributed by atoms with Crippen LogP contribution in [0.25, 0.3) is 27.3 Å². The predicted octanol–water partition coefficient (Wildman–Crippen LogP) is 5.15. The maximum Gasteiger partial charge on any atom is 0.262 e. The second kappa shape index (κ2) is 9.64. The van der Waals surface area contributed by atoms with Crippen LogP contribution in [0.2, 0.25) is 5.02 Å². The molecule has 7 nitrogen and oxygen atoms in total. The highest BCUT2D eigenvalue weighted by Gasteiger charge is 2.17. The van der Waals surface area contributed by atoms with Gasteiger partial charge in [-0.2, -0.15) is 0 Å². The molecule has 0 spiro atoms. The molecule has 0 aliphatic carbocycles. The van der Waals surface area contributed by atoms with Crippen LogP contribution in [0.1, 0.15) is 12.1 Å². The van der Waals surface area contributed by atoms with Gasteiger partial charge < -0.3 is 4.74 Å². The standard InChI is InChI=1S/C23H20ClN5O2S2/c1-31-12-6-11-28-21(30)17-8-3-5-10-19(17)29-22(28)26-27-23(29)33-14-15-13-32-20(25-15)16-7-2-4-9-18(16)24/h2-5,7-10,13H,6,11-12,14H2,1H3. The number of thioether (sulfide) groups is 1. The summed E-state index contributed by atoms with van der Waals surface area (Å²) in [4.78, 5) is 17.9. The van der Waals surface area contributed by atoms with E-state index >= 15 is 0 Å². The Bertz CT molecular complexity index is 1490. The molecule has 0 aliphatic heterocycles. The number of thiazole rings is 1. The maximum absolute atomic E-state index is 13.1. The molecule has 0 amide bonds. The van der Waals surface area contributed by atoms with E-state index in [1.54, 1.807) is 34.8 Å². The van der Waals surface area contributed by atoms with Crippen LogP contribution in [0, 0.1) is 0 Å². The van der Waals surface area contributed by atoms with Crippen LogP contribution in [0.4, 0.5) is 0 Å². The van der Waals surface area contributed by atoms with Crippen LogP contribution in [0.5, 0.6) is 0 Å². The highest BCUT2D eigenvalue weighted by molar-refractivity contribution is 7.98. The summed E-state index contributed by atoms with van der Waals surface area (Å²) >= 11 is 9.43. The SMILES string of the molecule is COCCCn1c(=O)c2ccccc2n2c(SCc3csc(-c4ccccc4Cl)n3)nnc12. The third kappa shape index (κ3) is 4.29. The van der Waals surface area contributed by atoms with Crippen molar-refractivity contribution in [2.45, 2.75) is 23.9 Å². The van der Waals surface area contributed by atoms with Gasteiger partial charge in [0.1, 0.15) is 5.01 Å². The van der Waals surface area contributed by atoms with Gasteiger partial charge >= 0.3 is 0 Å². The molecular formula is C23H20ClN5O2S2. The van der Waals surface area contributed by atoms with Gasteiger partial charge in [-0.3, -0.25) is 13.8 Å². The van der Waals surface area contributed by atoms with Crippen LogP contribution in [0.3, 0.4) is 0 Å². The summed E-state index contributed by atoms with van der Waals surface area (Å²) in [6, 6.07) is 15.3. The first-order chi connectivity index (χ1) is 16.2. The maximum atomic E-state index is 13.1. The monoisotopic (exact) mass is 497 g/mol. The smallest absolute Gasteiger partial charge is 0.262 e. The van der Waals surface area contributed by atoms with Crippen molar-refractivity contribution in [3.63, 3.8) is 0 Å². The van der Waals surface area contributed by atoms with Crippen molar-refractivity contribution in [2.24, 2.45) is 0 Å². The summed E-state index contributed by atoms with van der Waals surface area (Å²) in [5.41, 5.74) is 2.60. The Hall–Kier alpha value is -2.72. The number of rotatable bonds is 8. The molecule has 33 heavy (non-hydrogen) atoms. The second-order valence-corrected chi connectivity index (χ2v) is 9.56. The Labute approximate surface area is 203 Å². The van der Waals surface area contributed by atoms with Crippen molar-refractivity contribution in [3.05, 3.63) is 75.0 Å². The van der Waals surface area contributed by atoms with Crippen molar-refractivity contribution in [1.29, 1.82) is 0 Å². The van der Waals surface area contributed by atoms with Crippen molar-refractivity contribution in [3.8, 4) is 10.6 Å². The zero-order valence-corrected chi connectivity index (χ0v) is 20.2. The van der Waals surface area contributed by atoms with Crippen LogP contribution in [-0.2, 0) is 17.0 Å². The van der Waals surface area contributed by atoms with Gasteiger partial charge in [-0.05, 0) is 24.6 Å². The molecule has 0 fully saturated rings. The summed E-state index contributed by atoms with van der Waals surface area (Å²) in [6.45, 7) is 1.08. The average molecular weight is 498 g/mol. The number of nitrogens with zero attached hydrogens (tertiary/aromatic N) is 5. The number of aryl methyl sites for hydroxylation is 1. The largest absolute Gasteiger partial charge is 0.385 e. The number of aromatic nitrogens is 5. The van der Waals surface area contributed by atoms with E-state index in [4.69, 9.17) is 21.3 Å². The zero-order chi connectivity index (χ0) is 22.8. The number of benzene rings is 2. The molecule has 0 saturated carbocycles. The van der Waals surface area contributed by atoms with Gasteiger partial charge in [0.25, 0.3) is 5.56 Å². The van der Waals surface area contributed by atoms with Crippen LogP contribution >= 0.6 is 34.7 Å². The fourth-order valence-electron chi connectivity index (χ4n) is 3.67. The predicted molar refractivity (Wildman–Crippen MR) is 133 cm³/mol. The number of hydrogen-bond acceptors (Lipinski definition) is 7. The lowest BCUT2D eigenvalue weighted by Crippen LogP contribution is -2.24. The topological polar surface area (TPSA) is 74.3 Å². The zero-order valence-electron chi connectivity index (χ0n) is 17.8. The van der Waals surface area contributed by atoms with E-state index in [-0.39, 0.29) is 5.56 Å². The van der Waals surface area contributed by atoms with Crippen molar-refractivity contribution in [2.75, 3.05) is 13.7 Å². The Morgan fingerprint density at radius 1 is 1.12 bits per heavy atom. The van der Waals surface area contributed by atoms with Gasteiger partial charge in [0.05, 0.1) is 21.6 Å². The highest BCUT2D eigenvalue weighted by Crippen LogP contribution is 2.32. The minimum absolute atomic E-state index is 0.0676. The van der Waals surface area contributed by atoms with E-state index in [1.807, 2.05) is 58.3 Å². The van der Waals surface area contributed by atoms with Gasteiger partial charge in [-0.1, -0.05) is 53.7 Å². The lowest BCUT2D eigenvalue weighted by Gasteiger charge is -2.11. The van der Waals surface area contributed by atoms with Gasteiger partial charge in [-0.25, -0.2) is 4.98 Å². The van der Waals surface area contributed by atoms with Gasteiger partial charge in [0, 0.05) is 37.0 Å². The van der Waals surface area contributed by atoms with E-state index in [0.29, 0.717) is 46.7 Å². The fraction of sp³-hybridized carbons (Fsp3) is 0.217. The first kappa shape index (κ1) is 22.1. The Morgan fingerprint density at radius 3 is 2.79 bits per heavy atom. The number of para-hydroxylation sites is 1. The summed E-state index contributed by atoms with van der Waals surface area (Å²) in [7, 11) is 1.65. The van der Waals surface area contributed by atoms with Crippen molar-refractivity contribution < 1.29 is 4.74 Å². The van der Waals surface area contributed by atoms with Crippen LogP contribution in [0.15, 0.2) is 63.9 Å². The Kier molecular flexibility index (Phi) is 6.45. The average Bonchev–Trinajstić information content (AvgIpc) is 3.48. The van der Waals surface area contributed by atoms with Crippen molar-refractivity contribution >= 4 is 51.4 Å². The van der Waals surface area contributed by atoms with E-state index in [9.17, 15) is 4.79 Å². The Balaban J connectivity index is 1.48. The number of ether oxygens (including phenoxy) is 1. The molecule has 0 unspecified atom stereocenters. The van der Waals surface area contributed by atoms with Gasteiger partial charge in [0.2, 0.25) is 5.78 Å². The molecule has 0 radical (unpaired) electrons. The number of hydrogen-bond donors (Lipinski definition) is 0. The lowest BCUT2D eigenvalue weighted by atomic mass is 10.2. The van der Waals surface area contributed by atoms with Crippen LogP contribution < -0.4 is 5.56 Å². The third-order valence-electron chi connectivity index (χ3n) is 5.21. The number of halogens is 1. The molecule has 0 N–H and O–H groups in total. The molecule has 168 valence electrons. The minimum Gasteiger partial charge on any atom is -0.385 e. The van der Waals surface area contributed by atoms with E-state index in [2.05, 4.69) is 10.2 Å². The van der Waals surface area contributed by atoms with Crippen LogP contribution in [-0.4, -0.2) is 37.9 Å². The first-order valence-corrected chi connectivity index (χ1v) is 12.6. The molecule has 2 aromatic carbocycles. The quantitative estimate of drug-likeness (QED) is 0.218. The number of fused-ring (bicyclic) bond motifs is 3. The van der Waals surface area contributed by atoms with Gasteiger partial charge in [0.15, 0.2) is 5.16 Å². The first-order valence-electron chi connectivity index (χ1n) is 10.3. The van der Waals surface area contributed by atoms with Crippen molar-refractivity contribution in [1.82, 2.24) is 24.1 Å².